The van der Waals surface area contributed by atoms with Gasteiger partial charge in [-0.3, -0.25) is 4.79 Å². The van der Waals surface area contributed by atoms with Gasteiger partial charge in [0.05, 0.1) is 0 Å². The summed E-state index contributed by atoms with van der Waals surface area (Å²) in [7, 11) is 3.59. The fourth-order valence-electron chi connectivity index (χ4n) is 3.60. The highest BCUT2D eigenvalue weighted by Crippen LogP contribution is 2.12. The SMILES string of the molecule is CN1CCN(C(=O)CCN(C)C(=O)O[C@@H](Cc2ccccc2)C(=O)OCc2ccccc2)CC1. The van der Waals surface area contributed by atoms with Gasteiger partial charge in [0.2, 0.25) is 12.0 Å². The molecule has 34 heavy (non-hydrogen) atoms. The first-order chi connectivity index (χ1) is 16.4. The molecule has 0 bridgehead atoms. The molecule has 1 saturated heterocycles. The Morgan fingerprint density at radius 3 is 2.12 bits per heavy atom. The maximum Gasteiger partial charge on any atom is 0.410 e. The van der Waals surface area contributed by atoms with Crippen LogP contribution < -0.4 is 0 Å². The number of benzene rings is 2. The summed E-state index contributed by atoms with van der Waals surface area (Å²) in [6, 6.07) is 18.7. The first kappa shape index (κ1) is 25.2. The van der Waals surface area contributed by atoms with Crippen LogP contribution in [-0.2, 0) is 32.1 Å². The number of amides is 2. The smallest absolute Gasteiger partial charge is 0.410 e. The zero-order chi connectivity index (χ0) is 24.3. The summed E-state index contributed by atoms with van der Waals surface area (Å²) >= 11 is 0. The number of hydrogen-bond donors (Lipinski definition) is 0. The second-order valence-corrected chi connectivity index (χ2v) is 8.51. The average Bonchev–Trinajstić information content (AvgIpc) is 2.86. The Hall–Kier alpha value is -3.39. The molecule has 1 heterocycles. The highest BCUT2D eigenvalue weighted by atomic mass is 16.6. The summed E-state index contributed by atoms with van der Waals surface area (Å²) in [6.07, 6.45) is -1.34. The molecule has 0 unspecified atom stereocenters. The standard InChI is InChI=1S/C26H33N3O5/c1-27-15-17-29(18-16-27)24(30)13-14-28(2)26(32)34-23(19-21-9-5-3-6-10-21)25(31)33-20-22-11-7-4-8-12-22/h3-12,23H,13-20H2,1-2H3/t23-/m0/s1. The van der Waals surface area contributed by atoms with Crippen molar-refractivity contribution in [3.05, 3.63) is 71.8 Å². The third-order valence-corrected chi connectivity index (χ3v) is 5.82. The summed E-state index contributed by atoms with van der Waals surface area (Å²) in [5.74, 6) is -0.598. The zero-order valence-corrected chi connectivity index (χ0v) is 19.9. The summed E-state index contributed by atoms with van der Waals surface area (Å²) in [5, 5.41) is 0. The molecular weight excluding hydrogens is 434 g/mol. The second-order valence-electron chi connectivity index (χ2n) is 8.51. The van der Waals surface area contributed by atoms with E-state index in [1.165, 1.54) is 4.90 Å². The predicted molar refractivity (Wildman–Crippen MR) is 128 cm³/mol. The van der Waals surface area contributed by atoms with Gasteiger partial charge < -0.3 is 24.2 Å². The highest BCUT2D eigenvalue weighted by Gasteiger charge is 2.27. The van der Waals surface area contributed by atoms with Crippen molar-refractivity contribution in [1.29, 1.82) is 0 Å². The van der Waals surface area contributed by atoms with Gasteiger partial charge in [0.25, 0.3) is 0 Å². The number of esters is 1. The van der Waals surface area contributed by atoms with Crippen LogP contribution >= 0.6 is 0 Å². The van der Waals surface area contributed by atoms with Crippen LogP contribution in [-0.4, -0.2) is 85.6 Å². The van der Waals surface area contributed by atoms with E-state index in [9.17, 15) is 14.4 Å². The van der Waals surface area contributed by atoms with Gasteiger partial charge in [-0.05, 0) is 18.2 Å². The molecule has 182 valence electrons. The van der Waals surface area contributed by atoms with Crippen molar-refractivity contribution >= 4 is 18.0 Å². The Labute approximate surface area is 201 Å². The maximum absolute atomic E-state index is 12.8. The van der Waals surface area contributed by atoms with Gasteiger partial charge >= 0.3 is 12.1 Å². The quantitative estimate of drug-likeness (QED) is 0.528. The van der Waals surface area contributed by atoms with Crippen molar-refractivity contribution in [3.8, 4) is 0 Å². The van der Waals surface area contributed by atoms with Crippen LogP contribution in [0.15, 0.2) is 60.7 Å². The summed E-state index contributed by atoms with van der Waals surface area (Å²) < 4.78 is 11.0. The van der Waals surface area contributed by atoms with Crippen molar-refractivity contribution in [2.75, 3.05) is 46.8 Å². The first-order valence-corrected chi connectivity index (χ1v) is 11.5. The van der Waals surface area contributed by atoms with Crippen molar-refractivity contribution in [1.82, 2.24) is 14.7 Å². The van der Waals surface area contributed by atoms with E-state index >= 15 is 0 Å². The topological polar surface area (TPSA) is 79.4 Å². The molecule has 2 aromatic rings. The van der Waals surface area contributed by atoms with E-state index in [1.54, 1.807) is 7.05 Å². The molecule has 2 amide bonds. The second kappa shape index (κ2) is 12.7. The number of carbonyl (C=O) groups is 3. The molecule has 1 atom stereocenters. The van der Waals surface area contributed by atoms with Crippen LogP contribution in [0.1, 0.15) is 17.5 Å². The summed E-state index contributed by atoms with van der Waals surface area (Å²) in [4.78, 5) is 43.3. The molecule has 1 fully saturated rings. The lowest BCUT2D eigenvalue weighted by atomic mass is 10.1. The Kier molecular flexibility index (Phi) is 9.46. The monoisotopic (exact) mass is 467 g/mol. The third kappa shape index (κ3) is 7.88. The predicted octanol–water partition coefficient (Wildman–Crippen LogP) is 2.57. The van der Waals surface area contributed by atoms with E-state index in [-0.39, 0.29) is 31.9 Å². The number of nitrogens with zero attached hydrogens (tertiary/aromatic N) is 3. The Morgan fingerprint density at radius 2 is 1.50 bits per heavy atom. The van der Waals surface area contributed by atoms with Gasteiger partial charge in [0, 0.05) is 52.6 Å². The minimum Gasteiger partial charge on any atom is -0.458 e. The van der Waals surface area contributed by atoms with Crippen LogP contribution in [0.25, 0.3) is 0 Å². The summed E-state index contributed by atoms with van der Waals surface area (Å²) in [5.41, 5.74) is 1.70. The maximum atomic E-state index is 12.8. The fourth-order valence-corrected chi connectivity index (χ4v) is 3.60. The Morgan fingerprint density at radius 1 is 0.912 bits per heavy atom. The van der Waals surface area contributed by atoms with E-state index in [0.717, 1.165) is 24.2 Å². The van der Waals surface area contributed by atoms with Crippen molar-refractivity contribution in [2.24, 2.45) is 0 Å². The largest absolute Gasteiger partial charge is 0.458 e. The molecule has 0 N–H and O–H groups in total. The van der Waals surface area contributed by atoms with Crippen molar-refractivity contribution in [3.63, 3.8) is 0 Å². The molecule has 3 rings (SSSR count). The van der Waals surface area contributed by atoms with Gasteiger partial charge in [0.1, 0.15) is 6.61 Å². The van der Waals surface area contributed by atoms with Crippen LogP contribution in [0.4, 0.5) is 4.79 Å². The fraction of sp³-hybridized carbons (Fsp3) is 0.423. The molecule has 0 aromatic heterocycles. The molecule has 0 aliphatic carbocycles. The lowest BCUT2D eigenvalue weighted by molar-refractivity contribution is -0.155. The molecular formula is C26H33N3O5. The summed E-state index contributed by atoms with van der Waals surface area (Å²) in [6.45, 7) is 3.37. The van der Waals surface area contributed by atoms with Gasteiger partial charge in [-0.2, -0.15) is 0 Å². The number of ether oxygens (including phenoxy) is 2. The molecule has 2 aromatic carbocycles. The van der Waals surface area contributed by atoms with Crippen molar-refractivity contribution < 1.29 is 23.9 Å². The number of carbonyl (C=O) groups excluding carboxylic acids is 3. The number of likely N-dealkylation sites (N-methyl/N-ethyl adjacent to an activating group) is 1. The number of piperazine rings is 1. The van der Waals surface area contributed by atoms with Crippen LogP contribution in [0, 0.1) is 0 Å². The van der Waals surface area contributed by atoms with Crippen molar-refractivity contribution in [2.45, 2.75) is 25.6 Å². The van der Waals surface area contributed by atoms with Gasteiger partial charge in [0.15, 0.2) is 0 Å². The molecule has 0 saturated carbocycles. The molecule has 1 aliphatic heterocycles. The van der Waals surface area contributed by atoms with Gasteiger partial charge in [-0.15, -0.1) is 0 Å². The lowest BCUT2D eigenvalue weighted by Gasteiger charge is -2.32. The van der Waals surface area contributed by atoms with E-state index in [1.807, 2.05) is 72.6 Å². The average molecular weight is 468 g/mol. The van der Waals surface area contributed by atoms with Crippen LogP contribution in [0.3, 0.4) is 0 Å². The minimum absolute atomic E-state index is 0.0101. The van der Waals surface area contributed by atoms with Gasteiger partial charge in [-0.25, -0.2) is 9.59 Å². The van der Waals surface area contributed by atoms with Gasteiger partial charge in [-0.1, -0.05) is 60.7 Å². The molecule has 8 heteroatoms. The minimum atomic E-state index is -1.09. The van der Waals surface area contributed by atoms with Crippen LogP contribution in [0.2, 0.25) is 0 Å². The number of rotatable bonds is 9. The van der Waals surface area contributed by atoms with E-state index in [4.69, 9.17) is 9.47 Å². The normalized spacial score (nSPS) is 14.8. The first-order valence-electron chi connectivity index (χ1n) is 11.5. The zero-order valence-electron chi connectivity index (χ0n) is 19.9. The Balaban J connectivity index is 1.54. The van der Waals surface area contributed by atoms with E-state index in [0.29, 0.717) is 13.1 Å². The molecule has 8 nitrogen and oxygen atoms in total. The van der Waals surface area contributed by atoms with E-state index in [2.05, 4.69) is 4.90 Å². The lowest BCUT2D eigenvalue weighted by Crippen LogP contribution is -2.47. The van der Waals surface area contributed by atoms with Crippen LogP contribution in [0.5, 0.6) is 0 Å². The highest BCUT2D eigenvalue weighted by molar-refractivity contribution is 5.80. The molecule has 0 spiro atoms. The Bertz CT molecular complexity index is 930. The molecule has 1 aliphatic rings. The number of hydrogen-bond acceptors (Lipinski definition) is 6. The molecule has 0 radical (unpaired) electrons. The third-order valence-electron chi connectivity index (χ3n) is 5.82. The van der Waals surface area contributed by atoms with E-state index < -0.39 is 18.2 Å².